The Morgan fingerprint density at radius 2 is 1.91 bits per heavy atom. The van der Waals surface area contributed by atoms with Crippen LogP contribution >= 0.6 is 11.8 Å². The maximum atomic E-state index is 12.4. The summed E-state index contributed by atoms with van der Waals surface area (Å²) in [6.45, 7) is 1.15. The SMILES string of the molecule is N#CCSc1nnc(-c2ccc(S(=O)(=O)N3CCCC3)cc2)o1. The summed E-state index contributed by atoms with van der Waals surface area (Å²) in [6.07, 6.45) is 1.81. The first-order valence-corrected chi connectivity index (χ1v) is 9.47. The second-order valence-electron chi connectivity index (χ2n) is 4.96. The summed E-state index contributed by atoms with van der Waals surface area (Å²) in [7, 11) is -3.42. The van der Waals surface area contributed by atoms with Crippen LogP contribution < -0.4 is 0 Å². The van der Waals surface area contributed by atoms with Crippen molar-refractivity contribution in [3.63, 3.8) is 0 Å². The molecule has 2 heterocycles. The molecule has 7 nitrogen and oxygen atoms in total. The zero-order chi connectivity index (χ0) is 16.3. The van der Waals surface area contributed by atoms with Crippen molar-refractivity contribution in [2.75, 3.05) is 18.8 Å². The lowest BCUT2D eigenvalue weighted by atomic mass is 10.2. The van der Waals surface area contributed by atoms with Crippen LogP contribution in [0.1, 0.15) is 12.8 Å². The molecule has 0 saturated carbocycles. The van der Waals surface area contributed by atoms with Crippen LogP contribution in [0.2, 0.25) is 0 Å². The first-order valence-electron chi connectivity index (χ1n) is 7.05. The fraction of sp³-hybridized carbons (Fsp3) is 0.357. The molecule has 0 amide bonds. The number of benzene rings is 1. The lowest BCUT2D eigenvalue weighted by Gasteiger charge is -2.15. The fourth-order valence-corrected chi connectivity index (χ4v) is 4.27. The Morgan fingerprint density at radius 3 is 2.57 bits per heavy atom. The van der Waals surface area contributed by atoms with Crippen molar-refractivity contribution in [3.05, 3.63) is 24.3 Å². The van der Waals surface area contributed by atoms with Gasteiger partial charge in [0.25, 0.3) is 5.22 Å². The lowest BCUT2D eigenvalue weighted by Crippen LogP contribution is -2.27. The van der Waals surface area contributed by atoms with Crippen LogP contribution in [0, 0.1) is 11.3 Å². The number of hydrogen-bond acceptors (Lipinski definition) is 7. The zero-order valence-corrected chi connectivity index (χ0v) is 13.8. The van der Waals surface area contributed by atoms with Crippen molar-refractivity contribution >= 4 is 21.8 Å². The molecule has 0 N–H and O–H groups in total. The minimum Gasteiger partial charge on any atom is -0.411 e. The van der Waals surface area contributed by atoms with Crippen LogP contribution in [0.15, 0.2) is 38.8 Å². The van der Waals surface area contributed by atoms with Crippen molar-refractivity contribution in [1.82, 2.24) is 14.5 Å². The van der Waals surface area contributed by atoms with Crippen molar-refractivity contribution in [2.45, 2.75) is 23.0 Å². The van der Waals surface area contributed by atoms with Gasteiger partial charge in [-0.2, -0.15) is 9.57 Å². The largest absolute Gasteiger partial charge is 0.411 e. The molecular weight excluding hydrogens is 336 g/mol. The van der Waals surface area contributed by atoms with Gasteiger partial charge in [0.05, 0.1) is 16.7 Å². The van der Waals surface area contributed by atoms with Gasteiger partial charge in [-0.25, -0.2) is 8.42 Å². The van der Waals surface area contributed by atoms with E-state index < -0.39 is 10.0 Å². The topological polar surface area (TPSA) is 100 Å². The lowest BCUT2D eigenvalue weighted by molar-refractivity contribution is 0.466. The van der Waals surface area contributed by atoms with Crippen LogP contribution in [-0.4, -0.2) is 41.8 Å². The molecule has 0 atom stereocenters. The summed E-state index contributed by atoms with van der Waals surface area (Å²) in [5.74, 6) is 0.532. The minimum absolute atomic E-state index is 0.231. The predicted molar refractivity (Wildman–Crippen MR) is 84.1 cm³/mol. The molecular formula is C14H14N4O3S2. The second kappa shape index (κ2) is 6.70. The highest BCUT2D eigenvalue weighted by Gasteiger charge is 2.27. The van der Waals surface area contributed by atoms with Gasteiger partial charge in [-0.1, -0.05) is 11.8 Å². The van der Waals surface area contributed by atoms with Gasteiger partial charge in [0.15, 0.2) is 0 Å². The van der Waals surface area contributed by atoms with Crippen molar-refractivity contribution in [3.8, 4) is 17.5 Å². The Balaban J connectivity index is 1.79. The molecule has 1 aliphatic heterocycles. The molecule has 9 heteroatoms. The maximum absolute atomic E-state index is 12.4. The van der Waals surface area contributed by atoms with E-state index in [1.165, 1.54) is 4.31 Å². The van der Waals surface area contributed by atoms with Crippen molar-refractivity contribution < 1.29 is 12.8 Å². The summed E-state index contributed by atoms with van der Waals surface area (Å²) in [5.41, 5.74) is 0.640. The third-order valence-electron chi connectivity index (χ3n) is 3.47. The molecule has 3 rings (SSSR count). The van der Waals surface area contributed by atoms with E-state index in [1.807, 2.05) is 6.07 Å². The molecule has 0 radical (unpaired) electrons. The molecule has 1 aromatic heterocycles. The van der Waals surface area contributed by atoms with Crippen LogP contribution in [0.25, 0.3) is 11.5 Å². The van der Waals surface area contributed by atoms with E-state index in [0.29, 0.717) is 29.8 Å². The van der Waals surface area contributed by atoms with E-state index in [4.69, 9.17) is 9.68 Å². The van der Waals surface area contributed by atoms with Crippen molar-refractivity contribution in [2.24, 2.45) is 0 Å². The maximum Gasteiger partial charge on any atom is 0.277 e. The molecule has 1 saturated heterocycles. The number of aromatic nitrogens is 2. The summed E-state index contributed by atoms with van der Waals surface area (Å²) in [4.78, 5) is 0.266. The molecule has 1 aliphatic rings. The normalized spacial score (nSPS) is 15.6. The van der Waals surface area contributed by atoms with Crippen LogP contribution in [0.4, 0.5) is 0 Å². The number of nitriles is 1. The molecule has 0 unspecified atom stereocenters. The predicted octanol–water partition coefficient (Wildman–Crippen LogP) is 2.14. The summed E-state index contributed by atoms with van der Waals surface area (Å²) >= 11 is 1.16. The van der Waals surface area contributed by atoms with Gasteiger partial charge in [-0.15, -0.1) is 10.2 Å². The van der Waals surface area contributed by atoms with Crippen LogP contribution in [0.5, 0.6) is 0 Å². The highest BCUT2D eigenvalue weighted by atomic mass is 32.2. The van der Waals surface area contributed by atoms with Gasteiger partial charge >= 0.3 is 0 Å². The number of thioether (sulfide) groups is 1. The van der Waals surface area contributed by atoms with Gasteiger partial charge < -0.3 is 4.42 Å². The average molecular weight is 350 g/mol. The second-order valence-corrected chi connectivity index (χ2v) is 7.82. The summed E-state index contributed by atoms with van der Waals surface area (Å²) in [6, 6.07) is 8.38. The molecule has 2 aromatic rings. The van der Waals surface area contributed by atoms with E-state index >= 15 is 0 Å². The Kier molecular flexibility index (Phi) is 4.66. The number of nitrogens with zero attached hydrogens (tertiary/aromatic N) is 4. The highest BCUT2D eigenvalue weighted by molar-refractivity contribution is 7.99. The first kappa shape index (κ1) is 16.0. The Labute approximate surface area is 138 Å². The van der Waals surface area contributed by atoms with E-state index in [9.17, 15) is 8.42 Å². The molecule has 0 spiro atoms. The third kappa shape index (κ3) is 3.39. The molecule has 120 valence electrons. The van der Waals surface area contributed by atoms with E-state index in [0.717, 1.165) is 24.6 Å². The number of sulfonamides is 1. The molecule has 0 aliphatic carbocycles. The van der Waals surface area contributed by atoms with Crippen LogP contribution in [-0.2, 0) is 10.0 Å². The summed E-state index contributed by atoms with van der Waals surface area (Å²) < 4.78 is 31.8. The molecule has 0 bridgehead atoms. The standard InChI is InChI=1S/C14H14N4O3S2/c15-7-10-22-14-17-16-13(21-14)11-3-5-12(6-4-11)23(19,20)18-8-1-2-9-18/h3-6H,1-2,8-10H2. The average Bonchev–Trinajstić information content (AvgIpc) is 3.25. The molecule has 1 aromatic carbocycles. The van der Waals surface area contributed by atoms with E-state index in [1.54, 1.807) is 24.3 Å². The van der Waals surface area contributed by atoms with Gasteiger partial charge in [0.1, 0.15) is 0 Å². The summed E-state index contributed by atoms with van der Waals surface area (Å²) in [5, 5.41) is 16.6. The zero-order valence-electron chi connectivity index (χ0n) is 12.2. The molecule has 23 heavy (non-hydrogen) atoms. The van der Waals surface area contributed by atoms with Gasteiger partial charge in [-0.05, 0) is 37.1 Å². The van der Waals surface area contributed by atoms with E-state index in [2.05, 4.69) is 10.2 Å². The first-order chi connectivity index (χ1) is 11.1. The Bertz CT molecular complexity index is 818. The Hall–Kier alpha value is -1.89. The number of rotatable bonds is 5. The number of hydrogen-bond donors (Lipinski definition) is 0. The fourth-order valence-electron chi connectivity index (χ4n) is 2.33. The smallest absolute Gasteiger partial charge is 0.277 e. The quantitative estimate of drug-likeness (QED) is 0.761. The third-order valence-corrected chi connectivity index (χ3v) is 6.07. The van der Waals surface area contributed by atoms with Gasteiger partial charge in [-0.3, -0.25) is 0 Å². The van der Waals surface area contributed by atoms with Crippen molar-refractivity contribution in [1.29, 1.82) is 5.26 Å². The van der Waals surface area contributed by atoms with E-state index in [-0.39, 0.29) is 10.6 Å². The monoisotopic (exact) mass is 350 g/mol. The molecule has 1 fully saturated rings. The van der Waals surface area contributed by atoms with Gasteiger partial charge in [0.2, 0.25) is 15.9 Å². The Morgan fingerprint density at radius 1 is 1.22 bits per heavy atom. The van der Waals surface area contributed by atoms with Gasteiger partial charge in [0, 0.05) is 18.7 Å². The van der Waals surface area contributed by atoms with Crippen LogP contribution in [0.3, 0.4) is 0 Å². The minimum atomic E-state index is -3.42. The highest BCUT2D eigenvalue weighted by Crippen LogP contribution is 2.26.